The van der Waals surface area contributed by atoms with Crippen LogP contribution >= 0.6 is 28.1 Å². The van der Waals surface area contributed by atoms with Crippen molar-refractivity contribution in [1.29, 1.82) is 0 Å². The molecule has 0 aliphatic rings. The number of para-hydroxylation sites is 1. The molecule has 3 rings (SSSR count). The molecule has 8 heteroatoms. The smallest absolute Gasteiger partial charge is 0.340 e. The molecule has 0 aliphatic heterocycles. The van der Waals surface area contributed by atoms with E-state index in [1.54, 1.807) is 25.1 Å². The molecule has 2 aromatic carbocycles. The van der Waals surface area contributed by atoms with Crippen LogP contribution in [0.2, 0.25) is 0 Å². The van der Waals surface area contributed by atoms with Crippen molar-refractivity contribution in [2.75, 3.05) is 11.9 Å². The molecule has 6 nitrogen and oxygen atoms in total. The Morgan fingerprint density at radius 1 is 1.27 bits per heavy atom. The standard InChI is InChI=1S/C18H16BrN3O3S/c1-2-24-17(23)13-8-4-6-10-15(13)20-11-22-18(26)25-16(21-22)12-7-3-5-9-14(12)19/h3-10,20H,2,11H2,1H3. The lowest BCUT2D eigenvalue weighted by Gasteiger charge is -2.10. The summed E-state index contributed by atoms with van der Waals surface area (Å²) in [4.78, 5) is 12.3. The molecule has 0 aliphatic carbocycles. The van der Waals surface area contributed by atoms with Crippen LogP contribution in [0.3, 0.4) is 0 Å². The normalized spacial score (nSPS) is 10.5. The SMILES string of the molecule is CCOC(=O)c1ccccc1NCn1nc(-c2ccccc2Br)oc1=S. The zero-order chi connectivity index (χ0) is 18.5. The van der Waals surface area contributed by atoms with E-state index in [9.17, 15) is 4.79 Å². The monoisotopic (exact) mass is 433 g/mol. The Labute approximate surface area is 163 Å². The van der Waals surface area contributed by atoms with Gasteiger partial charge in [0.05, 0.1) is 23.4 Å². The maximum Gasteiger partial charge on any atom is 0.340 e. The first-order valence-corrected chi connectivity index (χ1v) is 9.13. The molecular weight excluding hydrogens is 418 g/mol. The highest BCUT2D eigenvalue weighted by molar-refractivity contribution is 9.10. The molecule has 1 N–H and O–H groups in total. The van der Waals surface area contributed by atoms with Gasteiger partial charge in [-0.05, 0) is 59.3 Å². The average Bonchev–Trinajstić information content (AvgIpc) is 3.01. The summed E-state index contributed by atoms with van der Waals surface area (Å²) in [5.74, 6) is 0.0382. The molecule has 0 atom stereocenters. The number of halogens is 1. The predicted molar refractivity (Wildman–Crippen MR) is 104 cm³/mol. The number of aromatic nitrogens is 2. The molecule has 0 amide bonds. The third-order valence-electron chi connectivity index (χ3n) is 3.55. The van der Waals surface area contributed by atoms with Crippen LogP contribution < -0.4 is 5.32 Å². The number of nitrogens with one attached hydrogen (secondary N) is 1. The Kier molecular flexibility index (Phi) is 5.85. The lowest BCUT2D eigenvalue weighted by atomic mass is 10.2. The summed E-state index contributed by atoms with van der Waals surface area (Å²) in [6.45, 7) is 2.34. The maximum atomic E-state index is 12.0. The van der Waals surface area contributed by atoms with Gasteiger partial charge in [0.2, 0.25) is 5.89 Å². The molecule has 0 fully saturated rings. The van der Waals surface area contributed by atoms with Gasteiger partial charge in [-0.1, -0.05) is 24.3 Å². The van der Waals surface area contributed by atoms with Crippen LogP contribution in [-0.2, 0) is 11.4 Å². The molecule has 3 aromatic rings. The molecule has 0 bridgehead atoms. The van der Waals surface area contributed by atoms with Crippen molar-refractivity contribution in [3.63, 3.8) is 0 Å². The summed E-state index contributed by atoms with van der Waals surface area (Å²) in [5, 5.41) is 7.55. The third kappa shape index (κ3) is 4.03. The lowest BCUT2D eigenvalue weighted by molar-refractivity contribution is 0.0527. The second-order valence-corrected chi connectivity index (χ2v) is 6.46. The predicted octanol–water partition coefficient (Wildman–Crippen LogP) is 4.88. The molecule has 26 heavy (non-hydrogen) atoms. The van der Waals surface area contributed by atoms with Gasteiger partial charge in [0.25, 0.3) is 4.84 Å². The largest absolute Gasteiger partial charge is 0.462 e. The molecule has 0 unspecified atom stereocenters. The van der Waals surface area contributed by atoms with Gasteiger partial charge in [-0.25, -0.2) is 9.48 Å². The number of esters is 1. The Morgan fingerprint density at radius 3 is 2.77 bits per heavy atom. The number of ether oxygens (including phenoxy) is 1. The summed E-state index contributed by atoms with van der Waals surface area (Å²) >= 11 is 8.72. The number of carbonyl (C=O) groups is 1. The number of hydrogen-bond acceptors (Lipinski definition) is 6. The van der Waals surface area contributed by atoms with Gasteiger partial charge in [-0.15, -0.1) is 5.10 Å². The zero-order valence-corrected chi connectivity index (χ0v) is 16.3. The van der Waals surface area contributed by atoms with Crippen molar-refractivity contribution in [1.82, 2.24) is 9.78 Å². The minimum absolute atomic E-state index is 0.233. The van der Waals surface area contributed by atoms with Crippen molar-refractivity contribution in [2.45, 2.75) is 13.6 Å². The van der Waals surface area contributed by atoms with Crippen LogP contribution in [-0.4, -0.2) is 22.4 Å². The molecule has 0 spiro atoms. The molecule has 1 aromatic heterocycles. The second-order valence-electron chi connectivity index (χ2n) is 5.25. The minimum atomic E-state index is -0.381. The van der Waals surface area contributed by atoms with Crippen LogP contribution in [0.5, 0.6) is 0 Å². The van der Waals surface area contributed by atoms with Crippen LogP contribution in [0.25, 0.3) is 11.5 Å². The maximum absolute atomic E-state index is 12.0. The summed E-state index contributed by atoms with van der Waals surface area (Å²) in [5.41, 5.74) is 1.90. The average molecular weight is 434 g/mol. The first kappa shape index (κ1) is 18.3. The lowest BCUT2D eigenvalue weighted by Crippen LogP contribution is -2.13. The topological polar surface area (TPSA) is 69.3 Å². The first-order valence-electron chi connectivity index (χ1n) is 7.93. The highest BCUT2D eigenvalue weighted by Crippen LogP contribution is 2.26. The first-order chi connectivity index (χ1) is 12.6. The quantitative estimate of drug-likeness (QED) is 0.441. The Hall–Kier alpha value is -2.45. The van der Waals surface area contributed by atoms with E-state index in [0.717, 1.165) is 10.0 Å². The van der Waals surface area contributed by atoms with Crippen molar-refractivity contribution in [2.24, 2.45) is 0 Å². The van der Waals surface area contributed by atoms with Gasteiger partial charge in [0, 0.05) is 4.47 Å². The summed E-state index contributed by atoms with van der Waals surface area (Å²) in [7, 11) is 0. The highest BCUT2D eigenvalue weighted by atomic mass is 79.9. The molecule has 0 radical (unpaired) electrons. The molecular formula is C18H16BrN3O3S. The van der Waals surface area contributed by atoms with E-state index in [-0.39, 0.29) is 17.5 Å². The number of hydrogen-bond donors (Lipinski definition) is 1. The highest BCUT2D eigenvalue weighted by Gasteiger charge is 2.14. The second kappa shape index (κ2) is 8.29. The summed E-state index contributed by atoms with van der Waals surface area (Å²) < 4.78 is 13.0. The fourth-order valence-corrected chi connectivity index (χ4v) is 2.97. The Balaban J connectivity index is 1.81. The fraction of sp³-hybridized carbons (Fsp3) is 0.167. The van der Waals surface area contributed by atoms with E-state index in [0.29, 0.717) is 23.7 Å². The van der Waals surface area contributed by atoms with Crippen LogP contribution in [0.4, 0.5) is 5.69 Å². The number of benzene rings is 2. The van der Waals surface area contributed by atoms with E-state index >= 15 is 0 Å². The van der Waals surface area contributed by atoms with Crippen molar-refractivity contribution < 1.29 is 13.9 Å². The minimum Gasteiger partial charge on any atom is -0.462 e. The van der Waals surface area contributed by atoms with E-state index in [2.05, 4.69) is 26.3 Å². The third-order valence-corrected chi connectivity index (χ3v) is 4.54. The molecule has 0 saturated heterocycles. The van der Waals surface area contributed by atoms with Gasteiger partial charge in [0.1, 0.15) is 6.67 Å². The summed E-state index contributed by atoms with van der Waals surface area (Å²) in [6, 6.07) is 14.7. The number of nitrogens with zero attached hydrogens (tertiary/aromatic N) is 2. The van der Waals surface area contributed by atoms with Crippen molar-refractivity contribution in [3.8, 4) is 11.5 Å². The van der Waals surface area contributed by atoms with Crippen LogP contribution in [0.1, 0.15) is 17.3 Å². The molecule has 134 valence electrons. The van der Waals surface area contributed by atoms with E-state index in [1.165, 1.54) is 4.68 Å². The molecule has 1 heterocycles. The van der Waals surface area contributed by atoms with E-state index in [1.807, 2.05) is 30.3 Å². The molecule has 0 saturated carbocycles. The van der Waals surface area contributed by atoms with Gasteiger partial charge in [-0.3, -0.25) is 0 Å². The summed E-state index contributed by atoms with van der Waals surface area (Å²) in [6.07, 6.45) is 0. The number of rotatable bonds is 6. The Morgan fingerprint density at radius 2 is 2.00 bits per heavy atom. The van der Waals surface area contributed by atoms with Gasteiger partial charge >= 0.3 is 5.97 Å². The zero-order valence-electron chi connectivity index (χ0n) is 13.9. The van der Waals surface area contributed by atoms with Gasteiger partial charge in [0.15, 0.2) is 0 Å². The van der Waals surface area contributed by atoms with Crippen molar-refractivity contribution >= 4 is 39.8 Å². The van der Waals surface area contributed by atoms with E-state index < -0.39 is 0 Å². The van der Waals surface area contributed by atoms with Gasteiger partial charge < -0.3 is 14.5 Å². The van der Waals surface area contributed by atoms with Crippen LogP contribution in [0.15, 0.2) is 57.4 Å². The van der Waals surface area contributed by atoms with Crippen molar-refractivity contribution in [3.05, 3.63) is 63.4 Å². The van der Waals surface area contributed by atoms with Crippen LogP contribution in [0, 0.1) is 4.84 Å². The number of carbonyl (C=O) groups excluding carboxylic acids is 1. The number of anilines is 1. The Bertz CT molecular complexity index is 984. The van der Waals surface area contributed by atoms with Gasteiger partial charge in [-0.2, -0.15) is 0 Å². The fourth-order valence-electron chi connectivity index (χ4n) is 2.33. The van der Waals surface area contributed by atoms with E-state index in [4.69, 9.17) is 21.4 Å².